The number of hydrogen-bond acceptors (Lipinski definition) is 3. The zero-order valence-electron chi connectivity index (χ0n) is 9.01. The smallest absolute Gasteiger partial charge is 0.225 e. The molecule has 82 valence electrons. The highest BCUT2D eigenvalue weighted by Gasteiger charge is 2.32. The highest BCUT2D eigenvalue weighted by molar-refractivity contribution is 5.78. The highest BCUT2D eigenvalue weighted by Crippen LogP contribution is 2.28. The Balaban J connectivity index is 2.20. The lowest BCUT2D eigenvalue weighted by Crippen LogP contribution is -2.55. The number of nitrogens with one attached hydrogen (secondary N) is 1. The first kappa shape index (κ1) is 11.5. The molecule has 1 aliphatic carbocycles. The van der Waals surface area contributed by atoms with E-state index in [1.807, 2.05) is 6.92 Å². The maximum absolute atomic E-state index is 11.5. The van der Waals surface area contributed by atoms with Gasteiger partial charge >= 0.3 is 0 Å². The van der Waals surface area contributed by atoms with Crippen molar-refractivity contribution in [1.29, 1.82) is 0 Å². The van der Waals surface area contributed by atoms with Gasteiger partial charge in [-0.3, -0.25) is 4.79 Å². The standard InChI is InChI=1S/C10H20N2O2/c1-8(6-14-2)9(13)12-7-10(11)4-3-5-10/h8H,3-7,11H2,1-2H3,(H,12,13). The number of nitrogens with two attached hydrogens (primary N) is 1. The van der Waals surface area contributed by atoms with E-state index in [4.69, 9.17) is 10.5 Å². The summed E-state index contributed by atoms with van der Waals surface area (Å²) < 4.78 is 4.90. The Morgan fingerprint density at radius 2 is 2.29 bits per heavy atom. The van der Waals surface area contributed by atoms with Crippen LogP contribution in [0.25, 0.3) is 0 Å². The summed E-state index contributed by atoms with van der Waals surface area (Å²) >= 11 is 0. The topological polar surface area (TPSA) is 64.3 Å². The van der Waals surface area contributed by atoms with Crippen molar-refractivity contribution in [1.82, 2.24) is 5.32 Å². The molecule has 0 aromatic heterocycles. The third-order valence-electron chi connectivity index (χ3n) is 2.83. The van der Waals surface area contributed by atoms with E-state index in [1.54, 1.807) is 7.11 Å². The summed E-state index contributed by atoms with van der Waals surface area (Å²) in [6, 6.07) is 0. The van der Waals surface area contributed by atoms with E-state index in [-0.39, 0.29) is 17.4 Å². The lowest BCUT2D eigenvalue weighted by atomic mass is 9.78. The SMILES string of the molecule is COCC(C)C(=O)NCC1(N)CCC1. The van der Waals surface area contributed by atoms with Gasteiger partial charge < -0.3 is 15.8 Å². The average Bonchev–Trinajstić information content (AvgIpc) is 2.11. The fourth-order valence-corrected chi connectivity index (χ4v) is 1.57. The van der Waals surface area contributed by atoms with Crippen LogP contribution in [0.4, 0.5) is 0 Å². The van der Waals surface area contributed by atoms with Gasteiger partial charge in [-0.15, -0.1) is 0 Å². The van der Waals surface area contributed by atoms with E-state index in [0.717, 1.165) is 12.8 Å². The van der Waals surface area contributed by atoms with Crippen LogP contribution in [0.15, 0.2) is 0 Å². The molecule has 0 aliphatic heterocycles. The van der Waals surface area contributed by atoms with Crippen LogP contribution in [0, 0.1) is 5.92 Å². The molecule has 4 nitrogen and oxygen atoms in total. The van der Waals surface area contributed by atoms with Gasteiger partial charge in [0, 0.05) is 19.2 Å². The van der Waals surface area contributed by atoms with Crippen LogP contribution in [0.2, 0.25) is 0 Å². The van der Waals surface area contributed by atoms with E-state index >= 15 is 0 Å². The lowest BCUT2D eigenvalue weighted by molar-refractivity contribution is -0.126. The number of rotatable bonds is 5. The minimum Gasteiger partial charge on any atom is -0.384 e. The second-order valence-electron chi connectivity index (χ2n) is 4.29. The molecule has 3 N–H and O–H groups in total. The lowest BCUT2D eigenvalue weighted by Gasteiger charge is -2.38. The molecule has 1 rings (SSSR count). The molecule has 1 aliphatic rings. The fourth-order valence-electron chi connectivity index (χ4n) is 1.57. The van der Waals surface area contributed by atoms with Crippen molar-refractivity contribution in [3.8, 4) is 0 Å². The van der Waals surface area contributed by atoms with E-state index in [9.17, 15) is 4.79 Å². The normalized spacial score (nSPS) is 21.1. The molecule has 0 heterocycles. The van der Waals surface area contributed by atoms with Gasteiger partial charge in [-0.1, -0.05) is 6.92 Å². The number of amides is 1. The Bertz CT molecular complexity index is 202. The van der Waals surface area contributed by atoms with Crippen LogP contribution in [0.3, 0.4) is 0 Å². The second-order valence-corrected chi connectivity index (χ2v) is 4.29. The number of hydrogen-bond donors (Lipinski definition) is 2. The molecule has 1 amide bonds. The molecule has 4 heteroatoms. The van der Waals surface area contributed by atoms with Crippen LogP contribution in [0.5, 0.6) is 0 Å². The molecule has 1 unspecified atom stereocenters. The molecule has 1 fully saturated rings. The van der Waals surface area contributed by atoms with Crippen molar-refractivity contribution < 1.29 is 9.53 Å². The van der Waals surface area contributed by atoms with Crippen molar-refractivity contribution in [3.63, 3.8) is 0 Å². The first-order valence-electron chi connectivity index (χ1n) is 5.13. The first-order valence-corrected chi connectivity index (χ1v) is 5.13. The van der Waals surface area contributed by atoms with Gasteiger partial charge in [0.05, 0.1) is 12.5 Å². The molecule has 14 heavy (non-hydrogen) atoms. The van der Waals surface area contributed by atoms with Crippen molar-refractivity contribution in [3.05, 3.63) is 0 Å². The Morgan fingerprint density at radius 3 is 2.71 bits per heavy atom. The maximum atomic E-state index is 11.5. The minimum absolute atomic E-state index is 0.0311. The first-order chi connectivity index (χ1) is 6.57. The monoisotopic (exact) mass is 200 g/mol. The molecule has 1 saturated carbocycles. The molecule has 1 atom stereocenters. The van der Waals surface area contributed by atoms with E-state index < -0.39 is 0 Å². The third-order valence-corrected chi connectivity index (χ3v) is 2.83. The van der Waals surface area contributed by atoms with Crippen LogP contribution in [-0.4, -0.2) is 31.7 Å². The largest absolute Gasteiger partial charge is 0.384 e. The minimum atomic E-state index is -0.136. The predicted octanol–water partition coefficient (Wildman–Crippen LogP) is 0.267. The van der Waals surface area contributed by atoms with Gasteiger partial charge in [-0.25, -0.2) is 0 Å². The molecule has 0 bridgehead atoms. The van der Waals surface area contributed by atoms with Gasteiger partial charge in [0.15, 0.2) is 0 Å². The van der Waals surface area contributed by atoms with Crippen molar-refractivity contribution in [2.75, 3.05) is 20.3 Å². The molecule has 0 saturated heterocycles. The number of ether oxygens (including phenoxy) is 1. The summed E-state index contributed by atoms with van der Waals surface area (Å²) in [5.41, 5.74) is 5.84. The van der Waals surface area contributed by atoms with Gasteiger partial charge in [0.1, 0.15) is 0 Å². The number of methoxy groups -OCH3 is 1. The van der Waals surface area contributed by atoms with E-state index in [2.05, 4.69) is 5.32 Å². The summed E-state index contributed by atoms with van der Waals surface area (Å²) in [4.78, 5) is 11.5. The van der Waals surface area contributed by atoms with Crippen molar-refractivity contribution >= 4 is 5.91 Å². The van der Waals surface area contributed by atoms with Gasteiger partial charge in [0.2, 0.25) is 5.91 Å². The molecule has 0 aromatic carbocycles. The zero-order chi connectivity index (χ0) is 10.6. The number of carbonyl (C=O) groups excluding carboxylic acids is 1. The summed E-state index contributed by atoms with van der Waals surface area (Å²) in [5, 5.41) is 2.87. The van der Waals surface area contributed by atoms with E-state index in [1.165, 1.54) is 6.42 Å². The number of carbonyl (C=O) groups is 1. The molecule has 0 spiro atoms. The van der Waals surface area contributed by atoms with Gasteiger partial charge in [-0.2, -0.15) is 0 Å². The molecule has 0 aromatic rings. The van der Waals surface area contributed by atoms with Crippen LogP contribution in [-0.2, 0) is 9.53 Å². The summed E-state index contributed by atoms with van der Waals surface area (Å²) in [5.74, 6) is -0.0627. The Kier molecular flexibility index (Phi) is 3.89. The molecular formula is C10H20N2O2. The third kappa shape index (κ3) is 2.96. The zero-order valence-corrected chi connectivity index (χ0v) is 9.01. The second kappa shape index (κ2) is 4.75. The summed E-state index contributed by atoms with van der Waals surface area (Å²) in [6.45, 7) is 2.91. The van der Waals surface area contributed by atoms with Gasteiger partial charge in [-0.05, 0) is 19.3 Å². The molecular weight excluding hydrogens is 180 g/mol. The van der Waals surface area contributed by atoms with Crippen LogP contribution in [0.1, 0.15) is 26.2 Å². The Labute approximate surface area is 85.2 Å². The fraction of sp³-hybridized carbons (Fsp3) is 0.900. The van der Waals surface area contributed by atoms with Crippen molar-refractivity contribution in [2.45, 2.75) is 31.7 Å². The van der Waals surface area contributed by atoms with E-state index in [0.29, 0.717) is 13.2 Å². The Morgan fingerprint density at radius 1 is 1.64 bits per heavy atom. The summed E-state index contributed by atoms with van der Waals surface area (Å²) in [6.07, 6.45) is 3.22. The van der Waals surface area contributed by atoms with Crippen molar-refractivity contribution in [2.24, 2.45) is 11.7 Å². The maximum Gasteiger partial charge on any atom is 0.225 e. The van der Waals surface area contributed by atoms with Crippen LogP contribution >= 0.6 is 0 Å². The van der Waals surface area contributed by atoms with Gasteiger partial charge in [0.25, 0.3) is 0 Å². The summed E-state index contributed by atoms with van der Waals surface area (Å²) in [7, 11) is 1.60. The van der Waals surface area contributed by atoms with Crippen LogP contribution < -0.4 is 11.1 Å². The quantitative estimate of drug-likeness (QED) is 0.669. The Hall–Kier alpha value is -0.610. The molecule has 0 radical (unpaired) electrons. The predicted molar refractivity (Wildman–Crippen MR) is 54.8 cm³/mol. The average molecular weight is 200 g/mol. The highest BCUT2D eigenvalue weighted by atomic mass is 16.5.